The minimum atomic E-state index is -4.62. The SMILES string of the molecule is CC(C)(C)NC(=O)C(Cl)S(=O)(=O)NS(=O)(=O)c1ccccc1. The van der Waals surface area contributed by atoms with Gasteiger partial charge in [-0.25, -0.2) is 16.8 Å². The van der Waals surface area contributed by atoms with Crippen molar-refractivity contribution in [3.63, 3.8) is 0 Å². The third-order valence-electron chi connectivity index (χ3n) is 2.26. The fraction of sp³-hybridized carbons (Fsp3) is 0.417. The number of carbonyl (C=O) groups excluding carboxylic acids is 1. The van der Waals surface area contributed by atoms with E-state index in [1.54, 1.807) is 26.8 Å². The van der Waals surface area contributed by atoms with Crippen molar-refractivity contribution in [1.29, 1.82) is 0 Å². The standard InChI is InChI=1S/C12H17ClN2O5S2/c1-12(2,3)14-11(16)10(13)22(19,20)15-21(17,18)9-7-5-4-6-8-9/h4-8,10,15H,1-3H3,(H,14,16). The summed E-state index contributed by atoms with van der Waals surface area (Å²) in [6.07, 6.45) is 0. The van der Waals surface area contributed by atoms with Crippen LogP contribution in [0.15, 0.2) is 35.2 Å². The topological polar surface area (TPSA) is 109 Å². The normalized spacial score (nSPS) is 14.4. The van der Waals surface area contributed by atoms with E-state index < -0.39 is 36.2 Å². The number of nitrogens with one attached hydrogen (secondary N) is 2. The van der Waals surface area contributed by atoms with Gasteiger partial charge in [-0.15, -0.1) is 4.13 Å². The molecule has 0 aliphatic heterocycles. The molecular weight excluding hydrogens is 352 g/mol. The predicted molar refractivity (Wildman–Crippen MR) is 83.2 cm³/mol. The number of hydrogen-bond acceptors (Lipinski definition) is 5. The first-order chi connectivity index (χ1) is 9.85. The molecular formula is C12H17ClN2O5S2. The lowest BCUT2D eigenvalue weighted by Gasteiger charge is -2.22. The van der Waals surface area contributed by atoms with E-state index in [-0.39, 0.29) is 4.90 Å². The molecule has 2 N–H and O–H groups in total. The average molecular weight is 369 g/mol. The highest BCUT2D eigenvalue weighted by Gasteiger charge is 2.36. The second-order valence-corrected chi connectivity index (χ2v) is 9.90. The Balaban J connectivity index is 2.99. The number of benzene rings is 1. The molecule has 22 heavy (non-hydrogen) atoms. The molecule has 1 aromatic rings. The molecule has 0 radical (unpaired) electrons. The Kier molecular flexibility index (Phi) is 5.61. The molecule has 0 heterocycles. The third-order valence-corrected chi connectivity index (χ3v) is 6.62. The fourth-order valence-electron chi connectivity index (χ4n) is 1.41. The molecule has 7 nitrogen and oxygen atoms in total. The molecule has 1 atom stereocenters. The van der Waals surface area contributed by atoms with Crippen LogP contribution >= 0.6 is 11.6 Å². The van der Waals surface area contributed by atoms with Crippen LogP contribution in [-0.4, -0.2) is 33.0 Å². The lowest BCUT2D eigenvalue weighted by Crippen LogP contribution is -2.49. The van der Waals surface area contributed by atoms with E-state index in [4.69, 9.17) is 11.6 Å². The van der Waals surface area contributed by atoms with Gasteiger partial charge in [0.25, 0.3) is 26.0 Å². The molecule has 124 valence electrons. The number of hydrogen-bond donors (Lipinski definition) is 2. The maximum absolute atomic E-state index is 12.0. The summed E-state index contributed by atoms with van der Waals surface area (Å²) in [4.78, 5) is 11.5. The van der Waals surface area contributed by atoms with E-state index in [9.17, 15) is 21.6 Å². The summed E-state index contributed by atoms with van der Waals surface area (Å²) in [6.45, 7) is 4.90. The minimum Gasteiger partial charge on any atom is -0.349 e. The first kappa shape index (κ1) is 18.9. The van der Waals surface area contributed by atoms with Crippen LogP contribution in [0.1, 0.15) is 20.8 Å². The van der Waals surface area contributed by atoms with Crippen LogP contribution in [0.25, 0.3) is 0 Å². The number of halogens is 1. The predicted octanol–water partition coefficient (Wildman–Crippen LogP) is 0.774. The molecule has 0 saturated carbocycles. The van der Waals surface area contributed by atoms with Gasteiger partial charge in [-0.3, -0.25) is 4.79 Å². The number of alkyl halides is 1. The van der Waals surface area contributed by atoms with E-state index in [1.807, 2.05) is 0 Å². The van der Waals surface area contributed by atoms with Crippen LogP contribution in [-0.2, 0) is 24.8 Å². The quantitative estimate of drug-likeness (QED) is 0.746. The van der Waals surface area contributed by atoms with Gasteiger partial charge in [-0.1, -0.05) is 29.8 Å². The largest absolute Gasteiger partial charge is 0.349 e. The van der Waals surface area contributed by atoms with Crippen LogP contribution in [0, 0.1) is 0 Å². The molecule has 10 heteroatoms. The van der Waals surface area contributed by atoms with Crippen molar-refractivity contribution in [2.75, 3.05) is 0 Å². The summed E-state index contributed by atoms with van der Waals surface area (Å²) in [5.41, 5.74) is -0.710. The van der Waals surface area contributed by atoms with Gasteiger partial charge in [-0.05, 0) is 32.9 Å². The van der Waals surface area contributed by atoms with Crippen LogP contribution < -0.4 is 9.44 Å². The maximum Gasteiger partial charge on any atom is 0.255 e. The molecule has 1 aromatic carbocycles. The first-order valence-corrected chi connectivity index (χ1v) is 9.60. The number of rotatable bonds is 5. The minimum absolute atomic E-state index is 0.251. The fourth-order valence-corrected chi connectivity index (χ4v) is 4.59. The van der Waals surface area contributed by atoms with Gasteiger partial charge in [0.05, 0.1) is 4.90 Å². The van der Waals surface area contributed by atoms with Crippen molar-refractivity contribution in [1.82, 2.24) is 9.44 Å². The zero-order valence-electron chi connectivity index (χ0n) is 12.2. The zero-order chi connectivity index (χ0) is 17.2. The molecule has 0 bridgehead atoms. The Morgan fingerprint density at radius 1 is 1.09 bits per heavy atom. The first-order valence-electron chi connectivity index (χ1n) is 6.14. The van der Waals surface area contributed by atoms with Gasteiger partial charge in [0.15, 0.2) is 0 Å². The van der Waals surface area contributed by atoms with Gasteiger partial charge >= 0.3 is 0 Å². The van der Waals surface area contributed by atoms with Crippen molar-refractivity contribution >= 4 is 37.6 Å². The van der Waals surface area contributed by atoms with E-state index >= 15 is 0 Å². The third kappa shape index (κ3) is 5.24. The number of sulfonamides is 2. The van der Waals surface area contributed by atoms with Crippen LogP contribution in [0.3, 0.4) is 0 Å². The molecule has 0 spiro atoms. The second-order valence-electron chi connectivity index (χ2n) is 5.50. The van der Waals surface area contributed by atoms with Gasteiger partial charge < -0.3 is 5.32 Å². The lowest BCUT2D eigenvalue weighted by molar-refractivity contribution is -0.120. The van der Waals surface area contributed by atoms with E-state index in [2.05, 4.69) is 5.32 Å². The van der Waals surface area contributed by atoms with Gasteiger partial charge in [0.2, 0.25) is 4.71 Å². The van der Waals surface area contributed by atoms with Crippen LogP contribution in [0.2, 0.25) is 0 Å². The summed E-state index contributed by atoms with van der Waals surface area (Å²) in [6, 6.07) is 6.89. The Morgan fingerprint density at radius 2 is 1.59 bits per heavy atom. The highest BCUT2D eigenvalue weighted by Crippen LogP contribution is 2.13. The summed E-state index contributed by atoms with van der Waals surface area (Å²) >= 11 is 5.60. The Hall–Kier alpha value is -1.16. The smallest absolute Gasteiger partial charge is 0.255 e. The summed E-state index contributed by atoms with van der Waals surface area (Å²) in [7, 11) is -8.96. The van der Waals surface area contributed by atoms with Crippen molar-refractivity contribution < 1.29 is 21.6 Å². The van der Waals surface area contributed by atoms with Crippen LogP contribution in [0.5, 0.6) is 0 Å². The molecule has 0 aliphatic carbocycles. The summed E-state index contributed by atoms with van der Waals surface area (Å²) in [5.74, 6) is -1.01. The van der Waals surface area contributed by atoms with Gasteiger partial charge in [0.1, 0.15) is 0 Å². The van der Waals surface area contributed by atoms with Crippen molar-refractivity contribution in [2.45, 2.75) is 35.9 Å². The Labute approximate surface area is 135 Å². The molecule has 0 saturated heterocycles. The maximum atomic E-state index is 12.0. The summed E-state index contributed by atoms with van der Waals surface area (Å²) < 4.78 is 47.3. The van der Waals surface area contributed by atoms with E-state index in [0.717, 1.165) is 0 Å². The molecule has 0 aliphatic rings. The average Bonchev–Trinajstić information content (AvgIpc) is 2.35. The van der Waals surface area contributed by atoms with Crippen molar-refractivity contribution in [3.05, 3.63) is 30.3 Å². The van der Waals surface area contributed by atoms with Crippen molar-refractivity contribution in [2.24, 2.45) is 0 Å². The molecule has 0 aromatic heterocycles. The number of amides is 1. The molecule has 0 fully saturated rings. The molecule has 1 rings (SSSR count). The van der Waals surface area contributed by atoms with Gasteiger partial charge in [0, 0.05) is 5.54 Å². The zero-order valence-corrected chi connectivity index (χ0v) is 14.6. The lowest BCUT2D eigenvalue weighted by atomic mass is 10.1. The van der Waals surface area contributed by atoms with E-state index in [0.29, 0.717) is 0 Å². The highest BCUT2D eigenvalue weighted by atomic mass is 35.5. The van der Waals surface area contributed by atoms with E-state index in [1.165, 1.54) is 28.4 Å². The van der Waals surface area contributed by atoms with Gasteiger partial charge in [-0.2, -0.15) is 0 Å². The molecule has 1 unspecified atom stereocenters. The summed E-state index contributed by atoms with van der Waals surface area (Å²) in [5, 5.41) is 2.37. The molecule has 1 amide bonds. The Bertz CT molecular complexity index is 739. The van der Waals surface area contributed by atoms with Crippen molar-refractivity contribution in [3.8, 4) is 0 Å². The van der Waals surface area contributed by atoms with Crippen LogP contribution in [0.4, 0.5) is 0 Å². The second kappa shape index (κ2) is 6.53. The number of carbonyl (C=O) groups is 1. The highest BCUT2D eigenvalue weighted by molar-refractivity contribution is 8.06. The Morgan fingerprint density at radius 3 is 2.05 bits per heavy atom. The monoisotopic (exact) mass is 368 g/mol.